The molecule has 0 heterocycles. The summed E-state index contributed by atoms with van der Waals surface area (Å²) in [6, 6.07) is -0.624. The van der Waals surface area contributed by atoms with E-state index in [1.165, 1.54) is 154 Å². The van der Waals surface area contributed by atoms with Crippen LogP contribution in [0.5, 0.6) is 0 Å². The molecule has 0 saturated heterocycles. The third-order valence-corrected chi connectivity index (χ3v) is 9.12. The highest BCUT2D eigenvalue weighted by Crippen LogP contribution is 2.14. The summed E-state index contributed by atoms with van der Waals surface area (Å²) in [6.45, 7) is 4.28. The number of aliphatic hydroxyl groups excluding tert-OH is 2. The first-order chi connectivity index (χ1) is 22.7. The van der Waals surface area contributed by atoms with Crippen LogP contribution in [0.25, 0.3) is 0 Å². The number of nitrogens with one attached hydrogen (secondary N) is 1. The molecule has 0 saturated carbocycles. The van der Waals surface area contributed by atoms with Gasteiger partial charge in [0.25, 0.3) is 0 Å². The Bertz CT molecular complexity index is 701. The van der Waals surface area contributed by atoms with Gasteiger partial charge in [-0.1, -0.05) is 185 Å². The van der Waals surface area contributed by atoms with Crippen LogP contribution in [0, 0.1) is 0 Å². The van der Waals surface area contributed by atoms with E-state index in [1.54, 1.807) is 6.08 Å². The number of allylic oxidation sites excluding steroid dienone is 5. The molecule has 0 radical (unpaired) electrons. The summed E-state index contributed by atoms with van der Waals surface area (Å²) in [5, 5.41) is 23.0. The third-order valence-electron chi connectivity index (χ3n) is 9.12. The molecule has 0 aliphatic heterocycles. The van der Waals surface area contributed by atoms with E-state index < -0.39 is 12.1 Å². The summed E-state index contributed by atoms with van der Waals surface area (Å²) < 4.78 is 0. The lowest BCUT2D eigenvalue weighted by Crippen LogP contribution is -2.45. The fourth-order valence-corrected chi connectivity index (χ4v) is 5.97. The molecule has 0 spiro atoms. The Hall–Kier alpha value is -1.39. The lowest BCUT2D eigenvalue weighted by molar-refractivity contribution is -0.123. The van der Waals surface area contributed by atoms with Gasteiger partial charge in [-0.3, -0.25) is 4.79 Å². The number of amides is 1. The molecule has 46 heavy (non-hydrogen) atoms. The predicted molar refractivity (Wildman–Crippen MR) is 202 cm³/mol. The van der Waals surface area contributed by atoms with Gasteiger partial charge in [0.05, 0.1) is 18.8 Å². The van der Waals surface area contributed by atoms with Crippen molar-refractivity contribution in [1.82, 2.24) is 5.32 Å². The highest BCUT2D eigenvalue weighted by Gasteiger charge is 2.17. The zero-order valence-electron chi connectivity index (χ0n) is 30.8. The van der Waals surface area contributed by atoms with Gasteiger partial charge in [0, 0.05) is 6.42 Å². The number of rotatable bonds is 36. The highest BCUT2D eigenvalue weighted by molar-refractivity contribution is 5.76. The Morgan fingerprint density at radius 1 is 0.522 bits per heavy atom. The number of carbonyl (C=O) groups excluding carboxylic acids is 1. The standard InChI is InChI=1S/C42H79NO3/c1-3-5-7-9-11-13-15-17-19-21-23-25-27-29-31-33-35-37-41(45)40(39-44)43-42(46)38-36-34-32-30-28-26-24-22-20-18-16-14-12-10-8-6-4-2/h12,14,18,20,35,37,40-41,44-45H,3-11,13,15-17,19,21-34,36,38-39H2,1-2H3,(H,43,46)/b14-12-,20-18-,37-35+. The maximum atomic E-state index is 12.3. The molecule has 0 aromatic carbocycles. The van der Waals surface area contributed by atoms with Crippen molar-refractivity contribution in [2.45, 2.75) is 219 Å². The van der Waals surface area contributed by atoms with Gasteiger partial charge in [0.2, 0.25) is 5.91 Å². The van der Waals surface area contributed by atoms with Gasteiger partial charge >= 0.3 is 0 Å². The van der Waals surface area contributed by atoms with Gasteiger partial charge in [-0.05, 0) is 51.4 Å². The van der Waals surface area contributed by atoms with E-state index in [0.29, 0.717) is 6.42 Å². The zero-order valence-corrected chi connectivity index (χ0v) is 30.8. The smallest absolute Gasteiger partial charge is 0.220 e. The van der Waals surface area contributed by atoms with E-state index in [-0.39, 0.29) is 12.5 Å². The normalized spacial score (nSPS) is 13.4. The van der Waals surface area contributed by atoms with Crippen molar-refractivity contribution in [3.63, 3.8) is 0 Å². The molecule has 0 aromatic rings. The summed E-state index contributed by atoms with van der Waals surface area (Å²) in [5.41, 5.74) is 0. The fraction of sp³-hybridized carbons (Fsp3) is 0.833. The van der Waals surface area contributed by atoms with Gasteiger partial charge in [0.15, 0.2) is 0 Å². The van der Waals surface area contributed by atoms with Gasteiger partial charge < -0.3 is 15.5 Å². The quantitative estimate of drug-likeness (QED) is 0.0469. The maximum absolute atomic E-state index is 12.3. The number of carbonyl (C=O) groups is 1. The molecule has 2 atom stereocenters. The molecule has 4 nitrogen and oxygen atoms in total. The predicted octanol–water partition coefficient (Wildman–Crippen LogP) is 12.2. The van der Waals surface area contributed by atoms with Crippen molar-refractivity contribution in [3.05, 3.63) is 36.5 Å². The third kappa shape index (κ3) is 34.0. The van der Waals surface area contributed by atoms with Crippen LogP contribution >= 0.6 is 0 Å². The summed E-state index contributed by atoms with van der Waals surface area (Å²) >= 11 is 0. The number of unbranched alkanes of at least 4 members (excludes halogenated alkanes) is 25. The zero-order chi connectivity index (χ0) is 33.6. The van der Waals surface area contributed by atoms with Gasteiger partial charge in [-0.2, -0.15) is 0 Å². The van der Waals surface area contributed by atoms with Crippen LogP contribution in [0.3, 0.4) is 0 Å². The van der Waals surface area contributed by atoms with Crippen LogP contribution < -0.4 is 5.32 Å². The number of hydrogen-bond donors (Lipinski definition) is 3. The van der Waals surface area contributed by atoms with Crippen molar-refractivity contribution in [3.8, 4) is 0 Å². The van der Waals surface area contributed by atoms with Gasteiger partial charge in [0.1, 0.15) is 0 Å². The molecule has 0 fully saturated rings. The van der Waals surface area contributed by atoms with E-state index in [1.807, 2.05) is 6.08 Å². The second-order valence-electron chi connectivity index (χ2n) is 13.7. The minimum absolute atomic E-state index is 0.0727. The lowest BCUT2D eigenvalue weighted by atomic mass is 10.0. The molecule has 270 valence electrons. The average molecular weight is 646 g/mol. The number of hydrogen-bond acceptors (Lipinski definition) is 3. The molecule has 1 amide bonds. The summed E-state index contributed by atoms with van der Waals surface area (Å²) in [5.74, 6) is -0.0727. The Labute approximate surface area is 287 Å². The molecule has 0 aromatic heterocycles. The van der Waals surface area contributed by atoms with E-state index >= 15 is 0 Å². The molecule has 0 rings (SSSR count). The lowest BCUT2D eigenvalue weighted by Gasteiger charge is -2.20. The summed E-state index contributed by atoms with van der Waals surface area (Å²) in [7, 11) is 0. The Morgan fingerprint density at radius 2 is 0.891 bits per heavy atom. The van der Waals surface area contributed by atoms with Crippen molar-refractivity contribution < 1.29 is 15.0 Å². The van der Waals surface area contributed by atoms with Crippen LogP contribution in [0.4, 0.5) is 0 Å². The van der Waals surface area contributed by atoms with Crippen LogP contribution in [0.2, 0.25) is 0 Å². The second-order valence-corrected chi connectivity index (χ2v) is 13.7. The van der Waals surface area contributed by atoms with Crippen molar-refractivity contribution in [2.24, 2.45) is 0 Å². The van der Waals surface area contributed by atoms with E-state index in [4.69, 9.17) is 0 Å². The molecule has 4 heteroatoms. The van der Waals surface area contributed by atoms with E-state index in [0.717, 1.165) is 32.1 Å². The Balaban J connectivity index is 3.61. The summed E-state index contributed by atoms with van der Waals surface area (Å²) in [4.78, 5) is 12.3. The van der Waals surface area contributed by atoms with Crippen LogP contribution in [-0.4, -0.2) is 34.9 Å². The van der Waals surface area contributed by atoms with Crippen molar-refractivity contribution >= 4 is 5.91 Å². The van der Waals surface area contributed by atoms with E-state index in [9.17, 15) is 15.0 Å². The first-order valence-electron chi connectivity index (χ1n) is 20.2. The summed E-state index contributed by atoms with van der Waals surface area (Å²) in [6.07, 6.45) is 49.5. The fourth-order valence-electron chi connectivity index (χ4n) is 5.97. The number of aliphatic hydroxyl groups is 2. The minimum atomic E-state index is -0.841. The van der Waals surface area contributed by atoms with Crippen LogP contribution in [0.15, 0.2) is 36.5 Å². The molecule has 0 aliphatic rings. The monoisotopic (exact) mass is 646 g/mol. The molecular formula is C42H79NO3. The Morgan fingerprint density at radius 3 is 1.35 bits per heavy atom. The van der Waals surface area contributed by atoms with Crippen LogP contribution in [-0.2, 0) is 4.79 Å². The first kappa shape index (κ1) is 44.6. The Kier molecular flexibility index (Phi) is 36.9. The minimum Gasteiger partial charge on any atom is -0.394 e. The molecule has 3 N–H and O–H groups in total. The highest BCUT2D eigenvalue weighted by atomic mass is 16.3. The van der Waals surface area contributed by atoms with Crippen LogP contribution in [0.1, 0.15) is 206 Å². The first-order valence-corrected chi connectivity index (χ1v) is 20.2. The maximum Gasteiger partial charge on any atom is 0.220 e. The second kappa shape index (κ2) is 38.1. The molecule has 0 bridgehead atoms. The molecular weight excluding hydrogens is 566 g/mol. The van der Waals surface area contributed by atoms with Crippen molar-refractivity contribution in [1.29, 1.82) is 0 Å². The van der Waals surface area contributed by atoms with E-state index in [2.05, 4.69) is 43.5 Å². The van der Waals surface area contributed by atoms with Crippen molar-refractivity contribution in [2.75, 3.05) is 6.61 Å². The van der Waals surface area contributed by atoms with Gasteiger partial charge in [-0.25, -0.2) is 0 Å². The molecule has 0 aliphatic carbocycles. The average Bonchev–Trinajstić information content (AvgIpc) is 3.06. The largest absolute Gasteiger partial charge is 0.394 e. The van der Waals surface area contributed by atoms with Gasteiger partial charge in [-0.15, -0.1) is 0 Å². The SMILES string of the molecule is CCCCC/C=C\C/C=C\CCCCCCCCCC(=O)NC(CO)C(O)/C=C/CCCCCCCCCCCCCCCCC. The molecule has 2 unspecified atom stereocenters. The topological polar surface area (TPSA) is 69.6 Å².